The zero-order valence-electron chi connectivity index (χ0n) is 15.6. The molecule has 6 nitrogen and oxygen atoms in total. The van der Waals surface area contributed by atoms with Gasteiger partial charge in [0.25, 0.3) is 5.91 Å². The van der Waals surface area contributed by atoms with Gasteiger partial charge in [0.05, 0.1) is 17.2 Å². The van der Waals surface area contributed by atoms with Gasteiger partial charge in [-0.15, -0.1) is 0 Å². The van der Waals surface area contributed by atoms with Crippen LogP contribution < -0.4 is 0 Å². The van der Waals surface area contributed by atoms with Crippen LogP contribution in [-0.4, -0.2) is 37.2 Å². The Morgan fingerprint density at radius 3 is 2.63 bits per heavy atom. The monoisotopic (exact) mass is 359 g/mol. The number of hydrogen-bond acceptors (Lipinski definition) is 3. The summed E-state index contributed by atoms with van der Waals surface area (Å²) in [5, 5.41) is 4.15. The lowest BCUT2D eigenvalue weighted by Crippen LogP contribution is -2.26. The molecule has 136 valence electrons. The molecule has 0 aliphatic rings. The number of fused-ring (bicyclic) bond motifs is 1. The van der Waals surface area contributed by atoms with E-state index in [0.717, 1.165) is 28.1 Å². The van der Waals surface area contributed by atoms with E-state index < -0.39 is 0 Å². The minimum Gasteiger partial charge on any atom is -0.337 e. The molecule has 0 aliphatic heterocycles. The molecule has 0 spiro atoms. The van der Waals surface area contributed by atoms with Crippen molar-refractivity contribution in [2.24, 2.45) is 7.05 Å². The van der Waals surface area contributed by atoms with Crippen LogP contribution in [0.2, 0.25) is 0 Å². The molecule has 0 atom stereocenters. The van der Waals surface area contributed by atoms with Crippen molar-refractivity contribution in [3.05, 3.63) is 77.9 Å². The van der Waals surface area contributed by atoms with Gasteiger partial charge in [0.1, 0.15) is 5.82 Å². The third kappa shape index (κ3) is 3.21. The predicted molar refractivity (Wildman–Crippen MR) is 105 cm³/mol. The maximum absolute atomic E-state index is 12.8. The molecule has 4 rings (SSSR count). The first-order valence-electron chi connectivity index (χ1n) is 8.80. The Balaban J connectivity index is 1.65. The van der Waals surface area contributed by atoms with Crippen LogP contribution in [0.5, 0.6) is 0 Å². The largest absolute Gasteiger partial charge is 0.337 e. The van der Waals surface area contributed by atoms with Gasteiger partial charge in [0.15, 0.2) is 0 Å². The van der Waals surface area contributed by atoms with E-state index in [0.29, 0.717) is 12.1 Å². The molecule has 0 aliphatic carbocycles. The number of rotatable bonds is 4. The Morgan fingerprint density at radius 1 is 1.15 bits per heavy atom. The number of nitrogens with zero attached hydrogens (tertiary/aromatic N) is 5. The van der Waals surface area contributed by atoms with E-state index in [1.807, 2.05) is 56.6 Å². The van der Waals surface area contributed by atoms with E-state index >= 15 is 0 Å². The van der Waals surface area contributed by atoms with Crippen molar-refractivity contribution in [2.75, 3.05) is 7.05 Å². The number of hydrogen-bond donors (Lipinski definition) is 0. The molecule has 0 bridgehead atoms. The Hall–Kier alpha value is -3.41. The second kappa shape index (κ2) is 6.72. The number of amides is 1. The number of imidazole rings is 1. The molecule has 0 saturated heterocycles. The SMILES string of the molecule is Cc1nc2cc(C(=O)N(C)Cc3cnn(C)c3)ccc2n1-c1ccccc1. The van der Waals surface area contributed by atoms with Crippen molar-refractivity contribution < 1.29 is 4.79 Å². The first-order valence-corrected chi connectivity index (χ1v) is 8.80. The Labute approximate surface area is 157 Å². The van der Waals surface area contributed by atoms with Gasteiger partial charge in [-0.1, -0.05) is 18.2 Å². The van der Waals surface area contributed by atoms with Crippen LogP contribution in [0.25, 0.3) is 16.7 Å². The minimum absolute atomic E-state index is 0.0346. The number of aromatic nitrogens is 4. The molecule has 0 radical (unpaired) electrons. The third-order valence-electron chi connectivity index (χ3n) is 4.61. The first kappa shape index (κ1) is 17.0. The van der Waals surface area contributed by atoms with Crippen molar-refractivity contribution in [3.63, 3.8) is 0 Å². The summed E-state index contributed by atoms with van der Waals surface area (Å²) in [6, 6.07) is 15.8. The summed E-state index contributed by atoms with van der Waals surface area (Å²) in [6.07, 6.45) is 3.69. The topological polar surface area (TPSA) is 56.0 Å². The molecule has 0 fully saturated rings. The molecule has 2 aromatic carbocycles. The number of carbonyl (C=O) groups is 1. The maximum Gasteiger partial charge on any atom is 0.253 e. The fraction of sp³-hybridized carbons (Fsp3) is 0.190. The average Bonchev–Trinajstić information content (AvgIpc) is 3.22. The van der Waals surface area contributed by atoms with Gasteiger partial charge in [0.2, 0.25) is 0 Å². The summed E-state index contributed by atoms with van der Waals surface area (Å²) in [4.78, 5) is 19.2. The van der Waals surface area contributed by atoms with E-state index in [1.165, 1.54) is 0 Å². The second-order valence-electron chi connectivity index (χ2n) is 6.72. The Bertz CT molecular complexity index is 1110. The second-order valence-corrected chi connectivity index (χ2v) is 6.72. The van der Waals surface area contributed by atoms with Crippen LogP contribution in [0.3, 0.4) is 0 Å². The van der Waals surface area contributed by atoms with Crippen molar-refractivity contribution in [3.8, 4) is 5.69 Å². The molecule has 27 heavy (non-hydrogen) atoms. The summed E-state index contributed by atoms with van der Waals surface area (Å²) >= 11 is 0. The maximum atomic E-state index is 12.8. The summed E-state index contributed by atoms with van der Waals surface area (Å²) in [5.41, 5.74) is 4.50. The van der Waals surface area contributed by atoms with E-state index in [9.17, 15) is 4.79 Å². The fourth-order valence-corrected chi connectivity index (χ4v) is 3.36. The van der Waals surface area contributed by atoms with Crippen LogP contribution in [0.1, 0.15) is 21.7 Å². The zero-order chi connectivity index (χ0) is 19.0. The van der Waals surface area contributed by atoms with E-state index in [-0.39, 0.29) is 5.91 Å². The quantitative estimate of drug-likeness (QED) is 0.561. The fourth-order valence-electron chi connectivity index (χ4n) is 3.36. The summed E-state index contributed by atoms with van der Waals surface area (Å²) in [6.45, 7) is 2.49. The van der Waals surface area contributed by atoms with Crippen LogP contribution in [0, 0.1) is 6.92 Å². The summed E-state index contributed by atoms with van der Waals surface area (Å²) in [5.74, 6) is 0.859. The highest BCUT2D eigenvalue weighted by Gasteiger charge is 2.16. The van der Waals surface area contributed by atoms with Gasteiger partial charge in [-0.25, -0.2) is 4.98 Å². The first-order chi connectivity index (χ1) is 13.0. The third-order valence-corrected chi connectivity index (χ3v) is 4.61. The standard InChI is InChI=1S/C21H21N5O/c1-15-23-19-11-17(21(27)24(2)13-16-12-22-25(3)14-16)9-10-20(19)26(15)18-7-5-4-6-8-18/h4-12,14H,13H2,1-3H3. The average molecular weight is 359 g/mol. The van der Waals surface area contributed by atoms with Crippen LogP contribution in [0.4, 0.5) is 0 Å². The van der Waals surface area contributed by atoms with Crippen LogP contribution >= 0.6 is 0 Å². The van der Waals surface area contributed by atoms with E-state index in [4.69, 9.17) is 0 Å². The van der Waals surface area contributed by atoms with Gasteiger partial charge >= 0.3 is 0 Å². The van der Waals surface area contributed by atoms with Crippen molar-refractivity contribution >= 4 is 16.9 Å². The summed E-state index contributed by atoms with van der Waals surface area (Å²) < 4.78 is 3.83. The van der Waals surface area contributed by atoms with Gasteiger partial charge in [-0.2, -0.15) is 5.10 Å². The number of aryl methyl sites for hydroxylation is 2. The highest BCUT2D eigenvalue weighted by atomic mass is 16.2. The molecular weight excluding hydrogens is 338 g/mol. The number of para-hydroxylation sites is 1. The van der Waals surface area contributed by atoms with Gasteiger partial charge in [-0.3, -0.25) is 14.0 Å². The Kier molecular flexibility index (Phi) is 4.24. The molecular formula is C21H21N5O. The zero-order valence-corrected chi connectivity index (χ0v) is 15.6. The minimum atomic E-state index is -0.0346. The molecule has 4 aromatic rings. The van der Waals surface area contributed by atoms with Gasteiger partial charge in [0, 0.05) is 43.7 Å². The number of carbonyl (C=O) groups excluding carboxylic acids is 1. The highest BCUT2D eigenvalue weighted by Crippen LogP contribution is 2.23. The predicted octanol–water partition coefficient (Wildman–Crippen LogP) is 3.34. The molecule has 2 heterocycles. The Morgan fingerprint density at radius 2 is 1.93 bits per heavy atom. The molecule has 0 N–H and O–H groups in total. The normalized spacial score (nSPS) is 11.1. The molecule has 6 heteroatoms. The lowest BCUT2D eigenvalue weighted by atomic mass is 10.1. The van der Waals surface area contributed by atoms with Gasteiger partial charge in [-0.05, 0) is 37.3 Å². The molecule has 0 saturated carbocycles. The number of benzene rings is 2. The smallest absolute Gasteiger partial charge is 0.253 e. The molecule has 2 aromatic heterocycles. The lowest BCUT2D eigenvalue weighted by molar-refractivity contribution is 0.0785. The van der Waals surface area contributed by atoms with Crippen molar-refractivity contribution in [1.82, 2.24) is 24.2 Å². The van der Waals surface area contributed by atoms with Crippen molar-refractivity contribution in [2.45, 2.75) is 13.5 Å². The van der Waals surface area contributed by atoms with Crippen LogP contribution in [-0.2, 0) is 13.6 Å². The van der Waals surface area contributed by atoms with E-state index in [2.05, 4.69) is 26.8 Å². The molecule has 1 amide bonds. The molecule has 0 unspecified atom stereocenters. The highest BCUT2D eigenvalue weighted by molar-refractivity contribution is 5.97. The van der Waals surface area contributed by atoms with Crippen molar-refractivity contribution in [1.29, 1.82) is 0 Å². The summed E-state index contributed by atoms with van der Waals surface area (Å²) in [7, 11) is 3.66. The van der Waals surface area contributed by atoms with E-state index in [1.54, 1.807) is 22.8 Å². The van der Waals surface area contributed by atoms with Gasteiger partial charge < -0.3 is 4.90 Å². The lowest BCUT2D eigenvalue weighted by Gasteiger charge is -2.16. The van der Waals surface area contributed by atoms with Crippen LogP contribution in [0.15, 0.2) is 60.9 Å².